The van der Waals surface area contributed by atoms with Crippen LogP contribution < -0.4 is 15.5 Å². The summed E-state index contributed by atoms with van der Waals surface area (Å²) in [6.07, 6.45) is 3.65. The Bertz CT molecular complexity index is 1010. The third-order valence-electron chi connectivity index (χ3n) is 5.45. The molecule has 1 fully saturated rings. The zero-order chi connectivity index (χ0) is 19.7. The molecule has 28 heavy (non-hydrogen) atoms. The fourth-order valence-corrected chi connectivity index (χ4v) is 3.88. The fourth-order valence-electron chi connectivity index (χ4n) is 3.88. The van der Waals surface area contributed by atoms with E-state index in [4.69, 9.17) is 4.42 Å². The van der Waals surface area contributed by atoms with Gasteiger partial charge in [0.2, 0.25) is 0 Å². The monoisotopic (exact) mass is 379 g/mol. The molecule has 1 amide bonds. The molecule has 1 aliphatic rings. The number of aromatic nitrogens is 2. The standard InChI is InChI=1S/C21H25N5O2/c1-13-6-4-8-16-14(2)20(28-19(13)16)21(27)23-11-15-7-5-9-26(15)18-10-17(22-3)24-12-25-18/h4,6,8,10,12,15H,5,7,9,11H2,1-3H3,(H,23,27)(H,22,24,25)/t15-/m1/s1. The molecule has 0 saturated carbocycles. The summed E-state index contributed by atoms with van der Waals surface area (Å²) in [6.45, 7) is 5.39. The van der Waals surface area contributed by atoms with Gasteiger partial charge in [0, 0.05) is 43.2 Å². The normalized spacial score (nSPS) is 16.5. The largest absolute Gasteiger partial charge is 0.450 e. The second-order valence-electron chi connectivity index (χ2n) is 7.22. The minimum absolute atomic E-state index is 0.168. The lowest BCUT2D eigenvalue weighted by molar-refractivity contribution is 0.0925. The number of fused-ring (bicyclic) bond motifs is 1. The van der Waals surface area contributed by atoms with Crippen molar-refractivity contribution in [3.63, 3.8) is 0 Å². The fraction of sp³-hybridized carbons (Fsp3) is 0.381. The van der Waals surface area contributed by atoms with Crippen molar-refractivity contribution in [2.24, 2.45) is 0 Å². The number of hydrogen-bond donors (Lipinski definition) is 2. The molecule has 0 spiro atoms. The van der Waals surface area contributed by atoms with Gasteiger partial charge in [-0.25, -0.2) is 9.97 Å². The second kappa shape index (κ2) is 7.50. The van der Waals surface area contributed by atoms with Crippen LogP contribution in [-0.2, 0) is 0 Å². The van der Waals surface area contributed by atoms with E-state index in [-0.39, 0.29) is 11.9 Å². The molecule has 3 aromatic rings. The predicted molar refractivity (Wildman–Crippen MR) is 110 cm³/mol. The van der Waals surface area contributed by atoms with Gasteiger partial charge >= 0.3 is 0 Å². The van der Waals surface area contributed by atoms with Crippen molar-refractivity contribution in [1.29, 1.82) is 0 Å². The van der Waals surface area contributed by atoms with Gasteiger partial charge in [-0.2, -0.15) is 0 Å². The zero-order valence-electron chi connectivity index (χ0n) is 16.5. The maximum Gasteiger partial charge on any atom is 0.287 e. The average molecular weight is 379 g/mol. The lowest BCUT2D eigenvalue weighted by Gasteiger charge is -2.26. The lowest BCUT2D eigenvalue weighted by atomic mass is 10.1. The highest BCUT2D eigenvalue weighted by molar-refractivity contribution is 5.99. The Morgan fingerprint density at radius 1 is 1.32 bits per heavy atom. The number of nitrogens with zero attached hydrogens (tertiary/aromatic N) is 3. The summed E-state index contributed by atoms with van der Waals surface area (Å²) in [5.74, 6) is 1.89. The van der Waals surface area contributed by atoms with Gasteiger partial charge in [-0.05, 0) is 32.3 Å². The molecule has 0 aliphatic carbocycles. The molecule has 1 aliphatic heterocycles. The Kier molecular flexibility index (Phi) is 4.90. The van der Waals surface area contributed by atoms with Gasteiger partial charge in [0.1, 0.15) is 23.5 Å². The number of furan rings is 1. The number of rotatable bonds is 5. The Balaban J connectivity index is 1.48. The molecule has 1 saturated heterocycles. The molecule has 7 nitrogen and oxygen atoms in total. The summed E-state index contributed by atoms with van der Waals surface area (Å²) >= 11 is 0. The van der Waals surface area contributed by atoms with E-state index in [9.17, 15) is 4.79 Å². The minimum Gasteiger partial charge on any atom is -0.450 e. The maximum atomic E-state index is 12.8. The van der Waals surface area contributed by atoms with Crippen LogP contribution in [0.5, 0.6) is 0 Å². The highest BCUT2D eigenvalue weighted by Gasteiger charge is 2.27. The van der Waals surface area contributed by atoms with Crippen molar-refractivity contribution in [3.05, 3.63) is 47.5 Å². The zero-order valence-corrected chi connectivity index (χ0v) is 16.5. The first-order valence-electron chi connectivity index (χ1n) is 9.62. The van der Waals surface area contributed by atoms with Gasteiger partial charge in [-0.1, -0.05) is 18.2 Å². The third-order valence-corrected chi connectivity index (χ3v) is 5.45. The van der Waals surface area contributed by atoms with Crippen molar-refractivity contribution in [3.8, 4) is 0 Å². The van der Waals surface area contributed by atoms with Crippen molar-refractivity contribution in [1.82, 2.24) is 15.3 Å². The van der Waals surface area contributed by atoms with Crippen LogP contribution in [-0.4, -0.2) is 42.1 Å². The van der Waals surface area contributed by atoms with Gasteiger partial charge in [-0.15, -0.1) is 0 Å². The van der Waals surface area contributed by atoms with Crippen LogP contribution in [0, 0.1) is 13.8 Å². The lowest BCUT2D eigenvalue weighted by Crippen LogP contribution is -2.40. The maximum absolute atomic E-state index is 12.8. The number of anilines is 2. The van der Waals surface area contributed by atoms with Crippen LogP contribution in [0.2, 0.25) is 0 Å². The first-order valence-corrected chi connectivity index (χ1v) is 9.62. The Morgan fingerprint density at radius 3 is 2.96 bits per heavy atom. The van der Waals surface area contributed by atoms with Crippen LogP contribution in [0.1, 0.15) is 34.5 Å². The average Bonchev–Trinajstić information content (AvgIpc) is 3.32. The molecular weight excluding hydrogens is 354 g/mol. The van der Waals surface area contributed by atoms with Crippen molar-refractivity contribution >= 4 is 28.5 Å². The first kappa shape index (κ1) is 18.3. The molecule has 0 unspecified atom stereocenters. The summed E-state index contributed by atoms with van der Waals surface area (Å²) < 4.78 is 5.89. The predicted octanol–water partition coefficient (Wildman–Crippen LogP) is 3.28. The smallest absolute Gasteiger partial charge is 0.287 e. The molecular formula is C21H25N5O2. The molecule has 2 aromatic heterocycles. The van der Waals surface area contributed by atoms with Crippen LogP contribution in [0.3, 0.4) is 0 Å². The number of carbonyl (C=O) groups is 1. The summed E-state index contributed by atoms with van der Waals surface area (Å²) in [5.41, 5.74) is 2.70. The van der Waals surface area contributed by atoms with E-state index in [0.29, 0.717) is 12.3 Å². The van der Waals surface area contributed by atoms with Gasteiger partial charge in [-0.3, -0.25) is 4.79 Å². The quantitative estimate of drug-likeness (QED) is 0.708. The SMILES string of the molecule is CNc1cc(N2CCC[C@@H]2CNC(=O)c2oc3c(C)cccc3c2C)ncn1. The molecule has 146 valence electrons. The molecule has 7 heteroatoms. The summed E-state index contributed by atoms with van der Waals surface area (Å²) in [5, 5.41) is 7.09. The molecule has 0 bridgehead atoms. The molecule has 2 N–H and O–H groups in total. The number of para-hydroxylation sites is 1. The van der Waals surface area contributed by atoms with Gasteiger partial charge in [0.05, 0.1) is 0 Å². The van der Waals surface area contributed by atoms with Crippen molar-refractivity contribution in [2.45, 2.75) is 32.7 Å². The summed E-state index contributed by atoms with van der Waals surface area (Å²) in [6, 6.07) is 8.11. The van der Waals surface area contributed by atoms with Crippen molar-refractivity contribution < 1.29 is 9.21 Å². The molecule has 0 radical (unpaired) electrons. The number of nitrogens with one attached hydrogen (secondary N) is 2. The molecule has 1 aromatic carbocycles. The third kappa shape index (κ3) is 3.28. The van der Waals surface area contributed by atoms with E-state index in [1.54, 1.807) is 6.33 Å². The second-order valence-corrected chi connectivity index (χ2v) is 7.22. The van der Waals surface area contributed by atoms with Crippen LogP contribution >= 0.6 is 0 Å². The summed E-state index contributed by atoms with van der Waals surface area (Å²) in [4.78, 5) is 23.6. The number of aryl methyl sites for hydroxylation is 2. The Labute approximate surface area is 164 Å². The molecule has 4 rings (SSSR count). The van der Waals surface area contributed by atoms with Crippen LogP contribution in [0.25, 0.3) is 11.0 Å². The van der Waals surface area contributed by atoms with E-state index >= 15 is 0 Å². The number of amides is 1. The summed E-state index contributed by atoms with van der Waals surface area (Å²) in [7, 11) is 1.84. The minimum atomic E-state index is -0.168. The van der Waals surface area contributed by atoms with E-state index in [1.165, 1.54) is 0 Å². The number of carbonyl (C=O) groups excluding carboxylic acids is 1. The van der Waals surface area contributed by atoms with E-state index in [2.05, 4.69) is 25.5 Å². The van der Waals surface area contributed by atoms with Crippen molar-refractivity contribution in [2.75, 3.05) is 30.4 Å². The topological polar surface area (TPSA) is 83.3 Å². The van der Waals surface area contributed by atoms with E-state index < -0.39 is 0 Å². The molecule has 3 heterocycles. The Morgan fingerprint density at radius 2 is 2.18 bits per heavy atom. The van der Waals surface area contributed by atoms with Crippen LogP contribution in [0.4, 0.5) is 11.6 Å². The number of hydrogen-bond acceptors (Lipinski definition) is 6. The van der Waals surface area contributed by atoms with Gasteiger partial charge < -0.3 is 20.0 Å². The first-order chi connectivity index (χ1) is 13.6. The van der Waals surface area contributed by atoms with Crippen LogP contribution in [0.15, 0.2) is 35.0 Å². The van der Waals surface area contributed by atoms with E-state index in [0.717, 1.165) is 53.1 Å². The van der Waals surface area contributed by atoms with Gasteiger partial charge in [0.25, 0.3) is 5.91 Å². The number of benzene rings is 1. The van der Waals surface area contributed by atoms with Gasteiger partial charge in [0.15, 0.2) is 5.76 Å². The highest BCUT2D eigenvalue weighted by Crippen LogP contribution is 2.28. The highest BCUT2D eigenvalue weighted by atomic mass is 16.3. The Hall–Kier alpha value is -3.09. The van der Waals surface area contributed by atoms with E-state index in [1.807, 2.05) is 45.2 Å². The molecule has 1 atom stereocenters.